The molecule has 1 aromatic carbocycles. The topological polar surface area (TPSA) is 106 Å². The number of aromatic nitrogens is 2. The number of hydrogen-bond acceptors (Lipinski definition) is 5. The standard InChI is InChI=1S/C27H37N5O4/c1-18(2)36-21-13-11-19(12-14-21)16-28-24(33)22-15-23-25(34)31(4)27(3,17-32(23)30-22)26(35)29-20-9-7-5-6-8-10-20/h11-15,18,20H,5-10,16-17H2,1-4H3,(H,28,33)(H,29,35). The molecule has 0 spiro atoms. The van der Waals surface area contributed by atoms with Crippen molar-refractivity contribution in [2.45, 2.75) is 90.1 Å². The van der Waals surface area contributed by atoms with Gasteiger partial charge >= 0.3 is 0 Å². The first-order chi connectivity index (χ1) is 17.2. The van der Waals surface area contributed by atoms with E-state index in [1.807, 2.05) is 38.1 Å². The number of ether oxygens (including phenoxy) is 1. The van der Waals surface area contributed by atoms with Crippen molar-refractivity contribution in [2.24, 2.45) is 0 Å². The lowest BCUT2D eigenvalue weighted by molar-refractivity contribution is -0.133. The van der Waals surface area contributed by atoms with E-state index in [2.05, 4.69) is 15.7 Å². The average molecular weight is 496 g/mol. The van der Waals surface area contributed by atoms with Gasteiger partial charge in [-0.25, -0.2) is 0 Å². The van der Waals surface area contributed by atoms with Crippen molar-refractivity contribution in [1.29, 1.82) is 0 Å². The summed E-state index contributed by atoms with van der Waals surface area (Å²) in [5, 5.41) is 10.4. The van der Waals surface area contributed by atoms with Crippen molar-refractivity contribution in [2.75, 3.05) is 7.05 Å². The number of hydrogen-bond donors (Lipinski definition) is 2. The molecule has 1 fully saturated rings. The Balaban J connectivity index is 1.42. The Labute approximate surface area is 212 Å². The van der Waals surface area contributed by atoms with E-state index in [1.54, 1.807) is 14.0 Å². The summed E-state index contributed by atoms with van der Waals surface area (Å²) in [6.07, 6.45) is 6.62. The summed E-state index contributed by atoms with van der Waals surface area (Å²) < 4.78 is 7.13. The van der Waals surface area contributed by atoms with Crippen LogP contribution in [0.4, 0.5) is 0 Å². The Morgan fingerprint density at radius 1 is 1.14 bits per heavy atom. The summed E-state index contributed by atoms with van der Waals surface area (Å²) in [5.74, 6) is -0.107. The van der Waals surface area contributed by atoms with Crippen LogP contribution in [0.5, 0.6) is 5.75 Å². The maximum Gasteiger partial charge on any atom is 0.272 e. The molecule has 1 saturated carbocycles. The fourth-order valence-electron chi connectivity index (χ4n) is 4.83. The van der Waals surface area contributed by atoms with Crippen molar-refractivity contribution in [1.82, 2.24) is 25.3 Å². The number of nitrogens with zero attached hydrogens (tertiary/aromatic N) is 3. The van der Waals surface area contributed by atoms with Gasteiger partial charge in [-0.2, -0.15) is 5.10 Å². The average Bonchev–Trinajstić information content (AvgIpc) is 3.10. The van der Waals surface area contributed by atoms with E-state index in [0.29, 0.717) is 12.2 Å². The lowest BCUT2D eigenvalue weighted by Crippen LogP contribution is -2.63. The first-order valence-electron chi connectivity index (χ1n) is 12.9. The van der Waals surface area contributed by atoms with Crippen LogP contribution in [-0.4, -0.2) is 57.1 Å². The molecule has 0 saturated heterocycles. The highest BCUT2D eigenvalue weighted by Gasteiger charge is 2.46. The molecule has 2 aliphatic rings. The fourth-order valence-corrected chi connectivity index (χ4v) is 4.83. The zero-order valence-corrected chi connectivity index (χ0v) is 21.7. The molecule has 0 bridgehead atoms. The van der Waals surface area contributed by atoms with E-state index in [9.17, 15) is 14.4 Å². The van der Waals surface area contributed by atoms with E-state index < -0.39 is 5.54 Å². The monoisotopic (exact) mass is 495 g/mol. The van der Waals surface area contributed by atoms with Crippen molar-refractivity contribution in [3.63, 3.8) is 0 Å². The van der Waals surface area contributed by atoms with Crippen LogP contribution in [0.2, 0.25) is 0 Å². The van der Waals surface area contributed by atoms with E-state index in [-0.39, 0.29) is 42.1 Å². The molecule has 1 atom stereocenters. The van der Waals surface area contributed by atoms with Gasteiger partial charge in [0.05, 0.1) is 12.6 Å². The normalized spacial score (nSPS) is 20.6. The Morgan fingerprint density at radius 3 is 2.44 bits per heavy atom. The highest BCUT2D eigenvalue weighted by molar-refractivity contribution is 6.01. The Kier molecular flexibility index (Phi) is 7.66. The van der Waals surface area contributed by atoms with Crippen molar-refractivity contribution in [3.05, 3.63) is 47.3 Å². The number of amides is 3. The second kappa shape index (κ2) is 10.7. The minimum atomic E-state index is -1.09. The predicted octanol–water partition coefficient (Wildman–Crippen LogP) is 3.28. The number of carbonyl (C=O) groups excluding carboxylic acids is 3. The zero-order valence-electron chi connectivity index (χ0n) is 21.7. The molecule has 4 rings (SSSR count). The largest absolute Gasteiger partial charge is 0.491 e. The molecule has 1 aliphatic heterocycles. The first-order valence-corrected chi connectivity index (χ1v) is 12.9. The summed E-state index contributed by atoms with van der Waals surface area (Å²) in [6.45, 7) is 6.20. The summed E-state index contributed by atoms with van der Waals surface area (Å²) >= 11 is 0. The third kappa shape index (κ3) is 5.55. The van der Waals surface area contributed by atoms with E-state index in [4.69, 9.17) is 4.74 Å². The minimum absolute atomic E-state index is 0.0917. The zero-order chi connectivity index (χ0) is 25.9. The number of nitrogens with one attached hydrogen (secondary N) is 2. The van der Waals surface area contributed by atoms with Crippen LogP contribution in [0, 0.1) is 0 Å². The maximum atomic E-state index is 13.3. The van der Waals surface area contributed by atoms with E-state index in [0.717, 1.165) is 37.0 Å². The van der Waals surface area contributed by atoms with Crippen LogP contribution >= 0.6 is 0 Å². The van der Waals surface area contributed by atoms with Gasteiger partial charge in [-0.15, -0.1) is 0 Å². The fraction of sp³-hybridized carbons (Fsp3) is 0.556. The molecule has 9 nitrogen and oxygen atoms in total. The van der Waals surface area contributed by atoms with Crippen molar-refractivity contribution < 1.29 is 19.1 Å². The van der Waals surface area contributed by atoms with Gasteiger partial charge < -0.3 is 20.3 Å². The Morgan fingerprint density at radius 2 is 1.81 bits per heavy atom. The second-order valence-corrected chi connectivity index (χ2v) is 10.4. The smallest absolute Gasteiger partial charge is 0.272 e. The molecule has 1 aromatic heterocycles. The third-order valence-electron chi connectivity index (χ3n) is 7.16. The number of rotatable bonds is 7. The van der Waals surface area contributed by atoms with Crippen LogP contribution in [0.25, 0.3) is 0 Å². The number of likely N-dealkylation sites (N-methyl/N-ethyl adjacent to an activating group) is 1. The first kappa shape index (κ1) is 25.7. The van der Waals surface area contributed by atoms with Crippen LogP contribution in [0.15, 0.2) is 30.3 Å². The predicted molar refractivity (Wildman–Crippen MR) is 136 cm³/mol. The number of carbonyl (C=O) groups is 3. The quantitative estimate of drug-likeness (QED) is 0.574. The molecule has 194 valence electrons. The summed E-state index contributed by atoms with van der Waals surface area (Å²) in [5.41, 5.74) is 0.287. The minimum Gasteiger partial charge on any atom is -0.491 e. The highest BCUT2D eigenvalue weighted by Crippen LogP contribution is 2.27. The van der Waals surface area contributed by atoms with Gasteiger partial charge in [0.15, 0.2) is 5.69 Å². The van der Waals surface area contributed by atoms with Gasteiger partial charge in [0.25, 0.3) is 11.8 Å². The Hall–Kier alpha value is -3.36. The highest BCUT2D eigenvalue weighted by atomic mass is 16.5. The molecule has 36 heavy (non-hydrogen) atoms. The summed E-state index contributed by atoms with van der Waals surface area (Å²) in [4.78, 5) is 40.7. The SMILES string of the molecule is CC(C)Oc1ccc(CNC(=O)c2cc3n(n2)CC(C)(C(=O)NC2CCCCCC2)N(C)C3=O)cc1. The van der Waals surface area contributed by atoms with Gasteiger partial charge in [-0.3, -0.25) is 19.1 Å². The number of benzene rings is 1. The molecule has 0 radical (unpaired) electrons. The number of fused-ring (bicyclic) bond motifs is 1. The van der Waals surface area contributed by atoms with Gasteiger partial charge in [0.2, 0.25) is 5.91 Å². The van der Waals surface area contributed by atoms with Crippen LogP contribution in [0.1, 0.15) is 85.8 Å². The summed E-state index contributed by atoms with van der Waals surface area (Å²) in [7, 11) is 1.64. The van der Waals surface area contributed by atoms with Gasteiger partial charge in [0.1, 0.15) is 17.0 Å². The molecule has 3 amide bonds. The molecule has 1 unspecified atom stereocenters. The molecular formula is C27H37N5O4. The van der Waals surface area contributed by atoms with Crippen molar-refractivity contribution >= 4 is 17.7 Å². The van der Waals surface area contributed by atoms with E-state index >= 15 is 0 Å². The van der Waals surface area contributed by atoms with E-state index in [1.165, 1.54) is 28.5 Å². The van der Waals surface area contributed by atoms with Crippen molar-refractivity contribution in [3.8, 4) is 5.75 Å². The van der Waals surface area contributed by atoms with Crippen LogP contribution < -0.4 is 15.4 Å². The molecule has 1 aliphatic carbocycles. The lowest BCUT2D eigenvalue weighted by Gasteiger charge is -2.41. The third-order valence-corrected chi connectivity index (χ3v) is 7.16. The van der Waals surface area contributed by atoms with Crippen LogP contribution in [-0.2, 0) is 17.9 Å². The molecule has 9 heteroatoms. The molecular weight excluding hydrogens is 458 g/mol. The second-order valence-electron chi connectivity index (χ2n) is 10.4. The van der Waals surface area contributed by atoms with Gasteiger partial charge in [-0.05, 0) is 51.3 Å². The maximum absolute atomic E-state index is 13.3. The lowest BCUT2D eigenvalue weighted by atomic mass is 9.95. The molecule has 2 aromatic rings. The Bertz CT molecular complexity index is 1100. The molecule has 2 N–H and O–H groups in total. The molecule has 2 heterocycles. The van der Waals surface area contributed by atoms with Gasteiger partial charge in [0, 0.05) is 25.7 Å². The van der Waals surface area contributed by atoms with Crippen LogP contribution in [0.3, 0.4) is 0 Å². The van der Waals surface area contributed by atoms with Gasteiger partial charge in [-0.1, -0.05) is 37.8 Å². The summed E-state index contributed by atoms with van der Waals surface area (Å²) in [6, 6.07) is 9.15.